The fourth-order valence-electron chi connectivity index (χ4n) is 0.810. The van der Waals surface area contributed by atoms with E-state index in [4.69, 9.17) is 9.84 Å². The molecule has 0 aliphatic carbocycles. The van der Waals surface area contributed by atoms with Crippen LogP contribution in [0.15, 0.2) is 12.3 Å². The molecule has 0 bridgehead atoms. The van der Waals surface area contributed by atoms with Crippen LogP contribution in [0, 0.1) is 5.82 Å². The maximum absolute atomic E-state index is 12.8. The van der Waals surface area contributed by atoms with Crippen LogP contribution in [-0.2, 0) is 0 Å². The van der Waals surface area contributed by atoms with E-state index in [1.54, 1.807) is 6.92 Å². The summed E-state index contributed by atoms with van der Waals surface area (Å²) in [5, 5.41) is 8.53. The van der Waals surface area contributed by atoms with Gasteiger partial charge in [0.1, 0.15) is 5.56 Å². The third-order valence-electron chi connectivity index (χ3n) is 1.35. The molecule has 1 aromatic rings. The fourth-order valence-corrected chi connectivity index (χ4v) is 0.810. The zero-order chi connectivity index (χ0) is 9.84. The van der Waals surface area contributed by atoms with Crippen molar-refractivity contribution in [1.29, 1.82) is 0 Å². The van der Waals surface area contributed by atoms with Gasteiger partial charge in [-0.2, -0.15) is 0 Å². The predicted molar refractivity (Wildman–Crippen MR) is 42.3 cm³/mol. The number of carboxylic acid groups (broad SMARTS) is 1. The molecule has 0 saturated carbocycles. The Morgan fingerprint density at radius 3 is 3.00 bits per heavy atom. The quantitative estimate of drug-likeness (QED) is 0.771. The van der Waals surface area contributed by atoms with E-state index in [-0.39, 0.29) is 5.88 Å². The predicted octanol–water partition coefficient (Wildman–Crippen LogP) is 1.32. The van der Waals surface area contributed by atoms with Crippen molar-refractivity contribution in [3.05, 3.63) is 23.6 Å². The molecule has 0 aromatic carbocycles. The van der Waals surface area contributed by atoms with Crippen molar-refractivity contribution >= 4 is 5.97 Å². The van der Waals surface area contributed by atoms with E-state index < -0.39 is 17.3 Å². The van der Waals surface area contributed by atoms with Gasteiger partial charge >= 0.3 is 5.97 Å². The molecule has 0 radical (unpaired) electrons. The zero-order valence-corrected chi connectivity index (χ0v) is 6.95. The highest BCUT2D eigenvalue weighted by atomic mass is 19.1. The summed E-state index contributed by atoms with van der Waals surface area (Å²) in [6.45, 7) is 2.09. The fraction of sp³-hybridized carbons (Fsp3) is 0.250. The highest BCUT2D eigenvalue weighted by Crippen LogP contribution is 2.12. The average Bonchev–Trinajstić information content (AvgIpc) is 2.08. The molecule has 0 spiro atoms. The molecule has 1 N–H and O–H groups in total. The molecule has 4 nitrogen and oxygen atoms in total. The summed E-state index contributed by atoms with van der Waals surface area (Å²) in [6.07, 6.45) is 0.828. The van der Waals surface area contributed by atoms with Crippen LogP contribution in [0.4, 0.5) is 4.39 Å². The van der Waals surface area contributed by atoms with Gasteiger partial charge in [0.25, 0.3) is 0 Å². The molecule has 70 valence electrons. The lowest BCUT2D eigenvalue weighted by Gasteiger charge is -2.02. The van der Waals surface area contributed by atoms with Crippen LogP contribution in [-0.4, -0.2) is 22.7 Å². The van der Waals surface area contributed by atoms with Gasteiger partial charge in [-0.05, 0) is 6.92 Å². The first-order valence-electron chi connectivity index (χ1n) is 3.66. The van der Waals surface area contributed by atoms with E-state index in [1.807, 2.05) is 0 Å². The Kier molecular flexibility index (Phi) is 2.79. The summed E-state index contributed by atoms with van der Waals surface area (Å²) >= 11 is 0. The normalized spacial score (nSPS) is 9.69. The number of aromatic nitrogens is 1. The van der Waals surface area contributed by atoms with Crippen LogP contribution in [0.3, 0.4) is 0 Å². The minimum atomic E-state index is -1.33. The number of halogens is 1. The van der Waals surface area contributed by atoms with Crippen molar-refractivity contribution in [2.75, 3.05) is 6.61 Å². The molecule has 0 saturated heterocycles. The van der Waals surface area contributed by atoms with E-state index in [9.17, 15) is 9.18 Å². The van der Waals surface area contributed by atoms with E-state index in [2.05, 4.69) is 4.98 Å². The van der Waals surface area contributed by atoms with Crippen LogP contribution in [0.1, 0.15) is 17.3 Å². The number of nitrogens with zero attached hydrogens (tertiary/aromatic N) is 1. The Hall–Kier alpha value is -1.65. The highest BCUT2D eigenvalue weighted by molar-refractivity contribution is 5.88. The summed E-state index contributed by atoms with van der Waals surface area (Å²) in [5.41, 5.74) is -0.432. The molecule has 0 unspecified atom stereocenters. The monoisotopic (exact) mass is 185 g/mol. The number of carbonyl (C=O) groups is 1. The Morgan fingerprint density at radius 2 is 2.46 bits per heavy atom. The lowest BCUT2D eigenvalue weighted by Crippen LogP contribution is -2.03. The van der Waals surface area contributed by atoms with Gasteiger partial charge in [-0.15, -0.1) is 0 Å². The zero-order valence-electron chi connectivity index (χ0n) is 6.95. The third-order valence-corrected chi connectivity index (χ3v) is 1.35. The number of ether oxygens (including phenoxy) is 1. The Morgan fingerprint density at radius 1 is 1.77 bits per heavy atom. The van der Waals surface area contributed by atoms with Crippen LogP contribution in [0.5, 0.6) is 5.88 Å². The topological polar surface area (TPSA) is 59.4 Å². The Balaban J connectivity index is 3.04. The average molecular weight is 185 g/mol. The second-order valence-electron chi connectivity index (χ2n) is 2.24. The van der Waals surface area contributed by atoms with Crippen LogP contribution in [0.2, 0.25) is 0 Å². The van der Waals surface area contributed by atoms with Gasteiger partial charge in [-0.3, -0.25) is 0 Å². The summed E-state index contributed by atoms with van der Waals surface area (Å²) in [6, 6.07) is 1.06. The first kappa shape index (κ1) is 9.44. The Bertz CT molecular complexity index is 327. The highest BCUT2D eigenvalue weighted by Gasteiger charge is 2.11. The maximum Gasteiger partial charge on any atom is 0.338 e. The van der Waals surface area contributed by atoms with Crippen molar-refractivity contribution in [3.8, 4) is 5.88 Å². The van der Waals surface area contributed by atoms with Crippen LogP contribution < -0.4 is 4.74 Å². The van der Waals surface area contributed by atoms with E-state index in [0.29, 0.717) is 6.61 Å². The van der Waals surface area contributed by atoms with E-state index in [0.717, 1.165) is 12.3 Å². The molecule has 0 fully saturated rings. The standard InChI is InChI=1S/C8H8FNO3/c1-2-13-7-3-5(8(11)12)6(9)4-10-7/h3-4H,2H2,1H3,(H,11,12). The first-order valence-corrected chi connectivity index (χ1v) is 3.66. The largest absolute Gasteiger partial charge is 0.478 e. The van der Waals surface area contributed by atoms with E-state index >= 15 is 0 Å². The Labute approximate surface area is 74.0 Å². The van der Waals surface area contributed by atoms with Crippen LogP contribution in [0.25, 0.3) is 0 Å². The van der Waals surface area contributed by atoms with Gasteiger partial charge in [0.15, 0.2) is 5.82 Å². The molecule has 5 heteroatoms. The first-order chi connectivity index (χ1) is 6.15. The van der Waals surface area contributed by atoms with E-state index in [1.165, 1.54) is 0 Å². The van der Waals surface area contributed by atoms with Gasteiger partial charge in [-0.25, -0.2) is 14.2 Å². The van der Waals surface area contributed by atoms with Crippen molar-refractivity contribution < 1.29 is 19.0 Å². The second kappa shape index (κ2) is 3.84. The summed E-state index contributed by atoms with van der Waals surface area (Å²) < 4.78 is 17.7. The lowest BCUT2D eigenvalue weighted by molar-refractivity contribution is 0.0691. The SMILES string of the molecule is CCOc1cc(C(=O)O)c(F)cn1. The molecule has 0 aliphatic rings. The second-order valence-corrected chi connectivity index (χ2v) is 2.24. The van der Waals surface area contributed by atoms with Gasteiger partial charge in [0.2, 0.25) is 5.88 Å². The number of aromatic carboxylic acids is 1. The molecular formula is C8H8FNO3. The lowest BCUT2D eigenvalue weighted by atomic mass is 10.2. The maximum atomic E-state index is 12.8. The molecule has 13 heavy (non-hydrogen) atoms. The minimum Gasteiger partial charge on any atom is -0.478 e. The van der Waals surface area contributed by atoms with Crippen LogP contribution >= 0.6 is 0 Å². The molecule has 0 amide bonds. The molecule has 1 heterocycles. The minimum absolute atomic E-state index is 0.112. The molecule has 0 aliphatic heterocycles. The van der Waals surface area contributed by atoms with Gasteiger partial charge in [0, 0.05) is 6.07 Å². The van der Waals surface area contributed by atoms with Gasteiger partial charge in [0.05, 0.1) is 12.8 Å². The van der Waals surface area contributed by atoms with Gasteiger partial charge < -0.3 is 9.84 Å². The number of hydrogen-bond donors (Lipinski definition) is 1. The van der Waals surface area contributed by atoms with Crippen molar-refractivity contribution in [3.63, 3.8) is 0 Å². The molecule has 1 rings (SSSR count). The summed E-state index contributed by atoms with van der Waals surface area (Å²) in [5.74, 6) is -2.09. The number of carboxylic acids is 1. The molecule has 1 aromatic heterocycles. The van der Waals surface area contributed by atoms with Crippen molar-refractivity contribution in [2.24, 2.45) is 0 Å². The van der Waals surface area contributed by atoms with Crippen molar-refractivity contribution in [2.45, 2.75) is 6.92 Å². The number of pyridine rings is 1. The van der Waals surface area contributed by atoms with Crippen molar-refractivity contribution in [1.82, 2.24) is 4.98 Å². The molecular weight excluding hydrogens is 177 g/mol. The molecule has 0 atom stereocenters. The number of hydrogen-bond acceptors (Lipinski definition) is 3. The smallest absolute Gasteiger partial charge is 0.338 e. The summed E-state index contributed by atoms with van der Waals surface area (Å²) in [4.78, 5) is 14.0. The number of rotatable bonds is 3. The summed E-state index contributed by atoms with van der Waals surface area (Å²) in [7, 11) is 0. The van der Waals surface area contributed by atoms with Gasteiger partial charge in [-0.1, -0.05) is 0 Å². The third kappa shape index (κ3) is 2.14.